The quantitative estimate of drug-likeness (QED) is 0.585. The first-order valence-electron chi connectivity index (χ1n) is 12.2. The second-order valence-corrected chi connectivity index (χ2v) is 9.91. The lowest BCUT2D eigenvalue weighted by Gasteiger charge is -2.54. The van der Waals surface area contributed by atoms with E-state index >= 15 is 0 Å². The molecule has 4 nitrogen and oxygen atoms in total. The Morgan fingerprint density at radius 3 is 1.59 bits per heavy atom. The molecule has 2 fully saturated rings. The second-order valence-electron chi connectivity index (χ2n) is 9.91. The monoisotopic (exact) mass is 438 g/mol. The molecule has 0 spiro atoms. The molecule has 2 N–H and O–H groups in total. The van der Waals surface area contributed by atoms with Crippen molar-refractivity contribution in [2.75, 3.05) is 14.2 Å². The van der Waals surface area contributed by atoms with Crippen molar-refractivity contribution in [1.29, 1.82) is 0 Å². The van der Waals surface area contributed by atoms with E-state index in [0.29, 0.717) is 0 Å². The van der Waals surface area contributed by atoms with Crippen LogP contribution in [0.15, 0.2) is 48.5 Å². The van der Waals surface area contributed by atoms with Crippen LogP contribution in [-0.2, 0) is 12.8 Å². The third-order valence-corrected chi connectivity index (χ3v) is 8.08. The Morgan fingerprint density at radius 1 is 0.750 bits per heavy atom. The molecule has 0 bridgehead atoms. The van der Waals surface area contributed by atoms with Gasteiger partial charge in [0.2, 0.25) is 0 Å². The molecule has 2 aliphatic carbocycles. The van der Waals surface area contributed by atoms with Crippen molar-refractivity contribution in [3.05, 3.63) is 59.7 Å². The van der Waals surface area contributed by atoms with Gasteiger partial charge < -0.3 is 19.7 Å². The normalized spacial score (nSPS) is 29.9. The van der Waals surface area contributed by atoms with Gasteiger partial charge in [-0.1, -0.05) is 37.1 Å². The predicted molar refractivity (Wildman–Crippen MR) is 127 cm³/mol. The van der Waals surface area contributed by atoms with Crippen LogP contribution in [0.5, 0.6) is 11.5 Å². The first-order valence-corrected chi connectivity index (χ1v) is 12.2. The van der Waals surface area contributed by atoms with Gasteiger partial charge in [-0.3, -0.25) is 0 Å². The van der Waals surface area contributed by atoms with Crippen LogP contribution in [0.2, 0.25) is 0 Å². The first-order chi connectivity index (χ1) is 15.5. The lowest BCUT2D eigenvalue weighted by Crippen LogP contribution is -2.56. The Kier molecular flexibility index (Phi) is 7.11. The van der Waals surface area contributed by atoms with E-state index in [2.05, 4.69) is 24.3 Å². The minimum absolute atomic E-state index is 0.172. The molecule has 2 aliphatic rings. The summed E-state index contributed by atoms with van der Waals surface area (Å²) in [7, 11) is 3.37. The van der Waals surface area contributed by atoms with Crippen LogP contribution < -0.4 is 9.47 Å². The number of rotatable bonds is 8. The Balaban J connectivity index is 1.45. The summed E-state index contributed by atoms with van der Waals surface area (Å²) in [5, 5.41) is 23.6. The number of hydrogen-bond donors (Lipinski definition) is 2. The summed E-state index contributed by atoms with van der Waals surface area (Å²) < 4.78 is 10.7. The molecular weight excluding hydrogens is 400 g/mol. The van der Waals surface area contributed by atoms with E-state index in [0.717, 1.165) is 75.7 Å². The third-order valence-electron chi connectivity index (χ3n) is 8.08. The van der Waals surface area contributed by atoms with Gasteiger partial charge >= 0.3 is 0 Å². The first kappa shape index (κ1) is 23.1. The summed E-state index contributed by atoms with van der Waals surface area (Å²) in [5.74, 6) is 2.07. The largest absolute Gasteiger partial charge is 0.497 e. The van der Waals surface area contributed by atoms with Crippen LogP contribution in [0.1, 0.15) is 62.5 Å². The minimum Gasteiger partial charge on any atom is -0.497 e. The molecule has 0 heterocycles. The Labute approximate surface area is 192 Å². The van der Waals surface area contributed by atoms with Gasteiger partial charge in [-0.2, -0.15) is 0 Å². The number of aliphatic hydroxyl groups is 2. The van der Waals surface area contributed by atoms with Crippen molar-refractivity contribution in [1.82, 2.24) is 0 Å². The summed E-state index contributed by atoms with van der Waals surface area (Å²) in [5.41, 5.74) is 1.00. The van der Waals surface area contributed by atoms with Gasteiger partial charge in [-0.25, -0.2) is 0 Å². The molecule has 4 heteroatoms. The highest BCUT2D eigenvalue weighted by Gasteiger charge is 2.53. The van der Waals surface area contributed by atoms with Crippen molar-refractivity contribution in [3.63, 3.8) is 0 Å². The molecule has 0 saturated heterocycles. The molecule has 32 heavy (non-hydrogen) atoms. The maximum atomic E-state index is 11.8. The second kappa shape index (κ2) is 9.84. The molecule has 4 rings (SSSR count). The van der Waals surface area contributed by atoms with Crippen LogP contribution in [0.4, 0.5) is 0 Å². The number of ether oxygens (including phenoxy) is 2. The van der Waals surface area contributed by atoms with E-state index in [-0.39, 0.29) is 11.8 Å². The van der Waals surface area contributed by atoms with Crippen LogP contribution >= 0.6 is 0 Å². The minimum atomic E-state index is -0.698. The zero-order valence-corrected chi connectivity index (χ0v) is 19.6. The summed E-state index contributed by atoms with van der Waals surface area (Å²) in [6, 6.07) is 16.3. The van der Waals surface area contributed by atoms with E-state index < -0.39 is 11.2 Å². The van der Waals surface area contributed by atoms with Gasteiger partial charge in [-0.05, 0) is 98.6 Å². The van der Waals surface area contributed by atoms with Gasteiger partial charge in [0.25, 0.3) is 0 Å². The molecule has 4 atom stereocenters. The van der Waals surface area contributed by atoms with E-state index in [1.54, 1.807) is 14.2 Å². The Morgan fingerprint density at radius 2 is 1.19 bits per heavy atom. The van der Waals surface area contributed by atoms with Crippen molar-refractivity contribution in [2.45, 2.75) is 75.4 Å². The Bertz CT molecular complexity index is 823. The standard InChI is InChI=1S/C28H38O4/c1-31-23-9-3-7-21(19-23)13-17-27(29)15-5-12-26-25(27)11-6-16-28(26,30)18-14-22-8-4-10-24(20-22)32-2/h3-4,7-10,19-20,25-26,29-30H,5-6,11-18H2,1-2H3/t25-,26-,27-,28-/m0/s1. The molecule has 0 aliphatic heterocycles. The zero-order chi connectivity index (χ0) is 22.6. The highest BCUT2D eigenvalue weighted by Crippen LogP contribution is 2.53. The smallest absolute Gasteiger partial charge is 0.119 e. The van der Waals surface area contributed by atoms with Gasteiger partial charge in [0.05, 0.1) is 25.4 Å². The Hall–Kier alpha value is -2.04. The third kappa shape index (κ3) is 4.97. The molecule has 174 valence electrons. The maximum Gasteiger partial charge on any atom is 0.119 e. The molecule has 0 radical (unpaired) electrons. The van der Waals surface area contributed by atoms with E-state index in [9.17, 15) is 10.2 Å². The summed E-state index contributed by atoms with van der Waals surface area (Å²) in [6.45, 7) is 0. The lowest BCUT2D eigenvalue weighted by atomic mass is 9.56. The number of methoxy groups -OCH3 is 2. The number of benzene rings is 2. The van der Waals surface area contributed by atoms with Crippen molar-refractivity contribution < 1.29 is 19.7 Å². The SMILES string of the molecule is COc1cccc(CC[C@@]2(O)CCC[C@H]3[C@@H]2CCC[C@]3(O)CCc2cccc(OC)c2)c1. The summed E-state index contributed by atoms with van der Waals surface area (Å²) >= 11 is 0. The van der Waals surface area contributed by atoms with Gasteiger partial charge in [0.15, 0.2) is 0 Å². The molecule has 2 aromatic rings. The van der Waals surface area contributed by atoms with Crippen LogP contribution in [0.25, 0.3) is 0 Å². The topological polar surface area (TPSA) is 58.9 Å². The average molecular weight is 439 g/mol. The van der Waals surface area contributed by atoms with Gasteiger partial charge in [-0.15, -0.1) is 0 Å². The summed E-state index contributed by atoms with van der Waals surface area (Å²) in [6.07, 6.45) is 8.82. The predicted octanol–water partition coefficient (Wildman–Crippen LogP) is 5.33. The zero-order valence-electron chi connectivity index (χ0n) is 19.6. The highest BCUT2D eigenvalue weighted by atomic mass is 16.5. The van der Waals surface area contributed by atoms with Gasteiger partial charge in [0.1, 0.15) is 11.5 Å². The summed E-state index contributed by atoms with van der Waals surface area (Å²) in [4.78, 5) is 0. The molecule has 0 amide bonds. The van der Waals surface area contributed by atoms with E-state index in [1.165, 1.54) is 11.1 Å². The van der Waals surface area contributed by atoms with Crippen LogP contribution in [0.3, 0.4) is 0 Å². The molecule has 2 saturated carbocycles. The number of fused-ring (bicyclic) bond motifs is 1. The van der Waals surface area contributed by atoms with Gasteiger partial charge in [0, 0.05) is 0 Å². The fourth-order valence-corrected chi connectivity index (χ4v) is 6.31. The highest BCUT2D eigenvalue weighted by molar-refractivity contribution is 5.29. The molecule has 0 aromatic heterocycles. The van der Waals surface area contributed by atoms with E-state index in [1.807, 2.05) is 24.3 Å². The molecule has 0 unspecified atom stereocenters. The van der Waals surface area contributed by atoms with Crippen molar-refractivity contribution in [2.24, 2.45) is 11.8 Å². The maximum absolute atomic E-state index is 11.8. The molecular formula is C28H38O4. The lowest BCUT2D eigenvalue weighted by molar-refractivity contribution is -0.167. The van der Waals surface area contributed by atoms with Crippen molar-refractivity contribution >= 4 is 0 Å². The van der Waals surface area contributed by atoms with Crippen LogP contribution in [-0.4, -0.2) is 35.6 Å². The fraction of sp³-hybridized carbons (Fsp3) is 0.571. The van der Waals surface area contributed by atoms with Crippen molar-refractivity contribution in [3.8, 4) is 11.5 Å². The van der Waals surface area contributed by atoms with E-state index in [4.69, 9.17) is 9.47 Å². The number of aryl methyl sites for hydroxylation is 2. The average Bonchev–Trinajstić information content (AvgIpc) is 2.83. The van der Waals surface area contributed by atoms with Crippen LogP contribution in [0, 0.1) is 11.8 Å². The molecule has 2 aromatic carbocycles. The fourth-order valence-electron chi connectivity index (χ4n) is 6.31. The number of hydrogen-bond acceptors (Lipinski definition) is 4.